The molecule has 1 fully saturated rings. The van der Waals surface area contributed by atoms with Gasteiger partial charge in [-0.25, -0.2) is 0 Å². The number of rotatable bonds is 2. The molecule has 2 rings (SSSR count). The molecule has 1 aliphatic rings. The van der Waals surface area contributed by atoms with Gasteiger partial charge in [-0.1, -0.05) is 35.0 Å². The van der Waals surface area contributed by atoms with Gasteiger partial charge in [-0.15, -0.1) is 0 Å². The van der Waals surface area contributed by atoms with Gasteiger partial charge in [0, 0.05) is 16.1 Å². The standard InChI is InChI=1S/C13H17BrOS/c1-10-13(15,6-3-7-16-10)9-11-4-2-5-12(14)8-11/h2,4-5,8,10,15H,3,6-7,9H2,1H3. The Morgan fingerprint density at radius 2 is 2.38 bits per heavy atom. The molecule has 1 nitrogen and oxygen atoms in total. The molecule has 0 bridgehead atoms. The Morgan fingerprint density at radius 1 is 1.56 bits per heavy atom. The number of aliphatic hydroxyl groups is 1. The lowest BCUT2D eigenvalue weighted by molar-refractivity contribution is 0.0297. The molecule has 3 heteroatoms. The van der Waals surface area contributed by atoms with E-state index in [4.69, 9.17) is 0 Å². The molecule has 0 saturated carbocycles. The van der Waals surface area contributed by atoms with Crippen LogP contribution in [0.3, 0.4) is 0 Å². The van der Waals surface area contributed by atoms with E-state index in [-0.39, 0.29) is 0 Å². The smallest absolute Gasteiger partial charge is 0.0803 e. The molecule has 0 spiro atoms. The molecule has 2 unspecified atom stereocenters. The van der Waals surface area contributed by atoms with Gasteiger partial charge in [0.1, 0.15) is 0 Å². The third-order valence-corrected chi connectivity index (χ3v) is 5.23. The lowest BCUT2D eigenvalue weighted by atomic mass is 9.87. The van der Waals surface area contributed by atoms with Crippen molar-refractivity contribution in [2.75, 3.05) is 5.75 Å². The second-order valence-electron chi connectivity index (χ2n) is 4.53. The minimum atomic E-state index is -0.524. The summed E-state index contributed by atoms with van der Waals surface area (Å²) >= 11 is 5.36. The zero-order chi connectivity index (χ0) is 11.6. The van der Waals surface area contributed by atoms with Crippen molar-refractivity contribution in [1.82, 2.24) is 0 Å². The average molecular weight is 301 g/mol. The van der Waals surface area contributed by atoms with Crippen LogP contribution < -0.4 is 0 Å². The van der Waals surface area contributed by atoms with Crippen molar-refractivity contribution in [1.29, 1.82) is 0 Å². The molecular formula is C13H17BrOS. The molecule has 0 aliphatic carbocycles. The number of thioether (sulfide) groups is 1. The fourth-order valence-electron chi connectivity index (χ4n) is 2.23. The van der Waals surface area contributed by atoms with Crippen molar-refractivity contribution in [3.05, 3.63) is 34.3 Å². The maximum Gasteiger partial charge on any atom is 0.0803 e. The van der Waals surface area contributed by atoms with Crippen molar-refractivity contribution < 1.29 is 5.11 Å². The highest BCUT2D eigenvalue weighted by molar-refractivity contribution is 9.10. The van der Waals surface area contributed by atoms with E-state index in [1.54, 1.807) is 0 Å². The highest BCUT2D eigenvalue weighted by Gasteiger charge is 2.36. The number of benzene rings is 1. The zero-order valence-corrected chi connectivity index (χ0v) is 11.9. The van der Waals surface area contributed by atoms with Crippen LogP contribution in [0.2, 0.25) is 0 Å². The van der Waals surface area contributed by atoms with Crippen molar-refractivity contribution >= 4 is 27.7 Å². The summed E-state index contributed by atoms with van der Waals surface area (Å²) in [7, 11) is 0. The van der Waals surface area contributed by atoms with Crippen LogP contribution >= 0.6 is 27.7 Å². The number of halogens is 1. The van der Waals surface area contributed by atoms with E-state index >= 15 is 0 Å². The van der Waals surface area contributed by atoms with Crippen LogP contribution in [0.15, 0.2) is 28.7 Å². The second kappa shape index (κ2) is 5.11. The van der Waals surface area contributed by atoms with Crippen molar-refractivity contribution in [2.45, 2.75) is 37.0 Å². The highest BCUT2D eigenvalue weighted by atomic mass is 79.9. The van der Waals surface area contributed by atoms with Crippen molar-refractivity contribution in [3.8, 4) is 0 Å². The van der Waals surface area contributed by atoms with E-state index in [1.165, 1.54) is 11.3 Å². The molecule has 1 aromatic rings. The summed E-state index contributed by atoms with van der Waals surface area (Å²) in [6.45, 7) is 2.14. The molecule has 1 saturated heterocycles. The second-order valence-corrected chi connectivity index (χ2v) is 6.89. The minimum absolute atomic E-state index is 0.334. The van der Waals surface area contributed by atoms with E-state index in [0.717, 1.165) is 23.7 Å². The first kappa shape index (κ1) is 12.5. The normalized spacial score (nSPS) is 30.3. The van der Waals surface area contributed by atoms with Crippen molar-refractivity contribution in [3.63, 3.8) is 0 Å². The summed E-state index contributed by atoms with van der Waals surface area (Å²) in [6, 6.07) is 8.24. The maximum atomic E-state index is 10.6. The van der Waals surface area contributed by atoms with Crippen LogP contribution in [-0.2, 0) is 6.42 Å². The van der Waals surface area contributed by atoms with Gasteiger partial charge in [-0.2, -0.15) is 11.8 Å². The quantitative estimate of drug-likeness (QED) is 0.900. The van der Waals surface area contributed by atoms with Gasteiger partial charge >= 0.3 is 0 Å². The monoisotopic (exact) mass is 300 g/mol. The minimum Gasteiger partial charge on any atom is -0.388 e. The highest BCUT2D eigenvalue weighted by Crippen LogP contribution is 2.36. The van der Waals surface area contributed by atoms with Crippen LogP contribution in [0.1, 0.15) is 25.3 Å². The van der Waals surface area contributed by atoms with E-state index in [0.29, 0.717) is 5.25 Å². The van der Waals surface area contributed by atoms with Crippen LogP contribution in [0.4, 0.5) is 0 Å². The van der Waals surface area contributed by atoms with Crippen LogP contribution in [0, 0.1) is 0 Å². The van der Waals surface area contributed by atoms with E-state index in [1.807, 2.05) is 23.9 Å². The largest absolute Gasteiger partial charge is 0.388 e. The third-order valence-electron chi connectivity index (χ3n) is 3.28. The molecule has 1 heterocycles. The third kappa shape index (κ3) is 2.82. The molecule has 1 aliphatic heterocycles. The summed E-state index contributed by atoms with van der Waals surface area (Å²) < 4.78 is 1.09. The van der Waals surface area contributed by atoms with Crippen molar-refractivity contribution in [2.24, 2.45) is 0 Å². The van der Waals surface area contributed by atoms with Gasteiger partial charge in [0.25, 0.3) is 0 Å². The first-order valence-electron chi connectivity index (χ1n) is 5.69. The molecule has 1 N–H and O–H groups in total. The SMILES string of the molecule is CC1SCCCC1(O)Cc1cccc(Br)c1. The zero-order valence-electron chi connectivity index (χ0n) is 9.45. The number of hydrogen-bond acceptors (Lipinski definition) is 2. The van der Waals surface area contributed by atoms with Gasteiger partial charge in [-0.3, -0.25) is 0 Å². The topological polar surface area (TPSA) is 20.2 Å². The van der Waals surface area contributed by atoms with Gasteiger partial charge in [0.15, 0.2) is 0 Å². The Morgan fingerprint density at radius 3 is 3.06 bits per heavy atom. The summed E-state index contributed by atoms with van der Waals surface area (Å²) in [4.78, 5) is 0. The Bertz CT molecular complexity index is 369. The molecule has 88 valence electrons. The Kier molecular flexibility index (Phi) is 3.98. The van der Waals surface area contributed by atoms with E-state index < -0.39 is 5.60 Å². The van der Waals surface area contributed by atoms with E-state index in [2.05, 4.69) is 35.0 Å². The van der Waals surface area contributed by atoms with Crippen LogP contribution in [0.25, 0.3) is 0 Å². The van der Waals surface area contributed by atoms with Gasteiger partial charge in [0.05, 0.1) is 5.60 Å². The van der Waals surface area contributed by atoms with Crippen LogP contribution in [-0.4, -0.2) is 21.7 Å². The summed E-state index contributed by atoms with van der Waals surface area (Å²) in [5, 5.41) is 11.0. The molecule has 0 aromatic heterocycles. The summed E-state index contributed by atoms with van der Waals surface area (Å²) in [6.07, 6.45) is 2.81. The Balaban J connectivity index is 2.13. The maximum absolute atomic E-state index is 10.6. The first-order chi connectivity index (χ1) is 7.60. The van der Waals surface area contributed by atoms with Gasteiger partial charge < -0.3 is 5.11 Å². The predicted molar refractivity (Wildman–Crippen MR) is 73.9 cm³/mol. The number of hydrogen-bond donors (Lipinski definition) is 1. The molecule has 1 aromatic carbocycles. The van der Waals surface area contributed by atoms with E-state index in [9.17, 15) is 5.11 Å². The Hall–Kier alpha value is 0.01000. The predicted octanol–water partition coefficient (Wildman–Crippen LogP) is 3.64. The van der Waals surface area contributed by atoms with Gasteiger partial charge in [0.2, 0.25) is 0 Å². The first-order valence-corrected chi connectivity index (χ1v) is 7.53. The summed E-state index contributed by atoms with van der Waals surface area (Å²) in [5.41, 5.74) is 0.690. The lowest BCUT2D eigenvalue weighted by Crippen LogP contribution is -2.43. The fourth-order valence-corrected chi connectivity index (χ4v) is 3.85. The molecule has 16 heavy (non-hydrogen) atoms. The Labute approximate surface area is 110 Å². The molecular weight excluding hydrogens is 284 g/mol. The van der Waals surface area contributed by atoms with Crippen LogP contribution in [0.5, 0.6) is 0 Å². The molecule has 0 radical (unpaired) electrons. The fraction of sp³-hybridized carbons (Fsp3) is 0.538. The average Bonchev–Trinajstić information content (AvgIpc) is 2.23. The lowest BCUT2D eigenvalue weighted by Gasteiger charge is -2.37. The van der Waals surface area contributed by atoms with Gasteiger partial charge in [-0.05, 0) is 36.3 Å². The molecule has 2 atom stereocenters. The molecule has 0 amide bonds. The summed E-state index contributed by atoms with van der Waals surface area (Å²) in [5.74, 6) is 1.18.